The Morgan fingerprint density at radius 3 is 2.07 bits per heavy atom. The Morgan fingerprint density at radius 1 is 0.750 bits per heavy atom. The molecule has 4 rings (SSSR count). The standard InChI is InChI=1S/C21H15ClN2O4/c22-15-4-6-16(7-5-15)23-20(25)13-2-1-3-14(10-13)21(26)24-17-8-9-18-19(11-17)28-12-27-18/h1-11H,12H2,(H,23,25)(H,24,26). The molecule has 0 bridgehead atoms. The monoisotopic (exact) mass is 394 g/mol. The molecule has 0 atom stereocenters. The molecule has 0 radical (unpaired) electrons. The van der Waals surface area contributed by atoms with Crippen LogP contribution in [0.1, 0.15) is 20.7 Å². The molecule has 2 N–H and O–H groups in total. The van der Waals surface area contributed by atoms with Gasteiger partial charge < -0.3 is 20.1 Å². The highest BCUT2D eigenvalue weighted by molar-refractivity contribution is 6.30. The predicted octanol–water partition coefficient (Wildman–Crippen LogP) is 4.57. The Balaban J connectivity index is 1.47. The summed E-state index contributed by atoms with van der Waals surface area (Å²) >= 11 is 5.85. The number of rotatable bonds is 4. The van der Waals surface area contributed by atoms with Crippen molar-refractivity contribution in [1.29, 1.82) is 0 Å². The van der Waals surface area contributed by atoms with Gasteiger partial charge in [-0.25, -0.2) is 0 Å². The fraction of sp³-hybridized carbons (Fsp3) is 0.0476. The van der Waals surface area contributed by atoms with E-state index in [1.807, 2.05) is 0 Å². The molecule has 6 nitrogen and oxygen atoms in total. The van der Waals surface area contributed by atoms with Crippen LogP contribution in [0.2, 0.25) is 5.02 Å². The number of nitrogens with one attached hydrogen (secondary N) is 2. The van der Waals surface area contributed by atoms with Crippen LogP contribution in [0.5, 0.6) is 11.5 Å². The molecule has 0 aromatic heterocycles. The second-order valence-corrected chi connectivity index (χ2v) is 6.50. The Labute approximate surface area is 166 Å². The van der Waals surface area contributed by atoms with Crippen molar-refractivity contribution in [2.45, 2.75) is 0 Å². The van der Waals surface area contributed by atoms with Crippen LogP contribution < -0.4 is 20.1 Å². The molecular weight excluding hydrogens is 380 g/mol. The van der Waals surface area contributed by atoms with Crippen molar-refractivity contribution in [1.82, 2.24) is 0 Å². The number of amides is 2. The van der Waals surface area contributed by atoms with Crippen molar-refractivity contribution < 1.29 is 19.1 Å². The molecule has 0 unspecified atom stereocenters. The summed E-state index contributed by atoms with van der Waals surface area (Å²) in [5, 5.41) is 6.14. The second-order valence-electron chi connectivity index (χ2n) is 6.06. The van der Waals surface area contributed by atoms with Gasteiger partial charge in [0.25, 0.3) is 11.8 Å². The summed E-state index contributed by atoms with van der Waals surface area (Å²) in [6.07, 6.45) is 0. The molecule has 2 amide bonds. The molecule has 3 aromatic rings. The predicted molar refractivity (Wildman–Crippen MR) is 106 cm³/mol. The van der Waals surface area contributed by atoms with Crippen molar-refractivity contribution >= 4 is 34.8 Å². The summed E-state index contributed by atoms with van der Waals surface area (Å²) in [6.45, 7) is 0.164. The fourth-order valence-electron chi connectivity index (χ4n) is 2.72. The van der Waals surface area contributed by atoms with Crippen molar-refractivity contribution in [3.63, 3.8) is 0 Å². The lowest BCUT2D eigenvalue weighted by molar-refractivity contribution is 0.102. The van der Waals surface area contributed by atoms with E-state index < -0.39 is 0 Å². The highest BCUT2D eigenvalue weighted by Gasteiger charge is 2.15. The molecule has 1 aliphatic rings. The van der Waals surface area contributed by atoms with E-state index in [-0.39, 0.29) is 18.6 Å². The summed E-state index contributed by atoms with van der Waals surface area (Å²) in [4.78, 5) is 25.0. The van der Waals surface area contributed by atoms with Gasteiger partial charge >= 0.3 is 0 Å². The first-order valence-corrected chi connectivity index (χ1v) is 8.84. The lowest BCUT2D eigenvalue weighted by Crippen LogP contribution is -2.15. The zero-order valence-corrected chi connectivity index (χ0v) is 15.3. The van der Waals surface area contributed by atoms with Gasteiger partial charge in [-0.2, -0.15) is 0 Å². The number of ether oxygens (including phenoxy) is 2. The maximum atomic E-state index is 12.6. The minimum absolute atomic E-state index is 0.164. The van der Waals surface area contributed by atoms with E-state index in [0.717, 1.165) is 0 Å². The summed E-state index contributed by atoms with van der Waals surface area (Å²) in [7, 11) is 0. The molecular formula is C21H15ClN2O4. The number of carbonyl (C=O) groups is 2. The molecule has 7 heteroatoms. The SMILES string of the molecule is O=C(Nc1ccc(Cl)cc1)c1cccc(C(=O)Nc2ccc3c(c2)OCO3)c1. The van der Waals surface area contributed by atoms with Gasteiger partial charge in [0.2, 0.25) is 6.79 Å². The largest absolute Gasteiger partial charge is 0.454 e. The van der Waals surface area contributed by atoms with E-state index in [1.54, 1.807) is 60.7 Å². The Hall–Kier alpha value is -3.51. The maximum Gasteiger partial charge on any atom is 0.255 e. The third-order valence-corrected chi connectivity index (χ3v) is 4.37. The van der Waals surface area contributed by atoms with Gasteiger partial charge in [0.1, 0.15) is 0 Å². The topological polar surface area (TPSA) is 76.7 Å². The summed E-state index contributed by atoms with van der Waals surface area (Å²) in [6, 6.07) is 18.4. The van der Waals surface area contributed by atoms with Crippen LogP contribution in [0.3, 0.4) is 0 Å². The highest BCUT2D eigenvalue weighted by Crippen LogP contribution is 2.34. The molecule has 1 aliphatic heterocycles. The Bertz CT molecular complexity index is 1050. The van der Waals surface area contributed by atoms with Crippen LogP contribution in [-0.4, -0.2) is 18.6 Å². The van der Waals surface area contributed by atoms with Gasteiger partial charge in [-0.15, -0.1) is 0 Å². The third-order valence-electron chi connectivity index (χ3n) is 4.12. The highest BCUT2D eigenvalue weighted by atomic mass is 35.5. The second kappa shape index (κ2) is 7.62. The van der Waals surface area contributed by atoms with Gasteiger partial charge in [0, 0.05) is 33.6 Å². The van der Waals surface area contributed by atoms with E-state index in [2.05, 4.69) is 10.6 Å². The smallest absolute Gasteiger partial charge is 0.255 e. The van der Waals surface area contributed by atoms with E-state index in [0.29, 0.717) is 39.0 Å². The van der Waals surface area contributed by atoms with Crippen molar-refractivity contribution in [3.05, 3.63) is 82.9 Å². The Morgan fingerprint density at radius 2 is 1.36 bits per heavy atom. The third kappa shape index (κ3) is 3.92. The average Bonchev–Trinajstić information content (AvgIpc) is 3.17. The summed E-state index contributed by atoms with van der Waals surface area (Å²) in [5.74, 6) is 0.563. The van der Waals surface area contributed by atoms with Crippen LogP contribution in [0, 0.1) is 0 Å². The molecule has 0 saturated heterocycles. The molecule has 140 valence electrons. The van der Waals surface area contributed by atoms with Crippen LogP contribution in [0.4, 0.5) is 11.4 Å². The lowest BCUT2D eigenvalue weighted by Gasteiger charge is -2.09. The number of fused-ring (bicyclic) bond motifs is 1. The number of benzene rings is 3. The summed E-state index contributed by atoms with van der Waals surface area (Å²) in [5.41, 5.74) is 1.92. The van der Waals surface area contributed by atoms with Gasteiger partial charge in [-0.05, 0) is 54.6 Å². The van der Waals surface area contributed by atoms with Crippen molar-refractivity contribution in [3.8, 4) is 11.5 Å². The van der Waals surface area contributed by atoms with E-state index >= 15 is 0 Å². The number of hydrogen-bond acceptors (Lipinski definition) is 4. The van der Waals surface area contributed by atoms with E-state index in [9.17, 15) is 9.59 Å². The van der Waals surface area contributed by atoms with Crippen molar-refractivity contribution in [2.24, 2.45) is 0 Å². The van der Waals surface area contributed by atoms with Crippen LogP contribution in [0.25, 0.3) is 0 Å². The Kier molecular flexibility index (Phi) is 4.87. The molecule has 3 aromatic carbocycles. The van der Waals surface area contributed by atoms with Crippen LogP contribution in [-0.2, 0) is 0 Å². The lowest BCUT2D eigenvalue weighted by atomic mass is 10.1. The first kappa shape index (κ1) is 17.9. The molecule has 0 fully saturated rings. The zero-order valence-electron chi connectivity index (χ0n) is 14.6. The first-order valence-electron chi connectivity index (χ1n) is 8.46. The van der Waals surface area contributed by atoms with Crippen LogP contribution in [0.15, 0.2) is 66.7 Å². The van der Waals surface area contributed by atoms with Gasteiger partial charge in [-0.1, -0.05) is 17.7 Å². The van der Waals surface area contributed by atoms with Gasteiger partial charge in [0.05, 0.1) is 0 Å². The normalized spacial score (nSPS) is 11.8. The van der Waals surface area contributed by atoms with Crippen LogP contribution >= 0.6 is 11.6 Å². The molecule has 28 heavy (non-hydrogen) atoms. The summed E-state index contributed by atoms with van der Waals surface area (Å²) < 4.78 is 10.6. The molecule has 0 spiro atoms. The first-order chi connectivity index (χ1) is 13.6. The maximum absolute atomic E-state index is 12.6. The minimum atomic E-state index is -0.333. The molecule has 0 aliphatic carbocycles. The van der Waals surface area contributed by atoms with E-state index in [4.69, 9.17) is 21.1 Å². The van der Waals surface area contributed by atoms with Crippen molar-refractivity contribution in [2.75, 3.05) is 17.4 Å². The van der Waals surface area contributed by atoms with E-state index in [1.165, 1.54) is 6.07 Å². The fourth-order valence-corrected chi connectivity index (χ4v) is 2.84. The quantitative estimate of drug-likeness (QED) is 0.679. The zero-order chi connectivity index (χ0) is 19.5. The number of anilines is 2. The molecule has 1 heterocycles. The number of hydrogen-bond donors (Lipinski definition) is 2. The minimum Gasteiger partial charge on any atom is -0.454 e. The number of carbonyl (C=O) groups excluding carboxylic acids is 2. The number of halogens is 1. The van der Waals surface area contributed by atoms with Gasteiger partial charge in [-0.3, -0.25) is 9.59 Å². The molecule has 0 saturated carbocycles. The average molecular weight is 395 g/mol. The van der Waals surface area contributed by atoms with Gasteiger partial charge in [0.15, 0.2) is 11.5 Å².